The van der Waals surface area contributed by atoms with E-state index in [0.717, 1.165) is 48.8 Å². The molecule has 9 nitrogen and oxygen atoms in total. The minimum atomic E-state index is -0.565. The first-order chi connectivity index (χ1) is 19.1. The number of carbonyl (C=O) groups excluding carboxylic acids is 2. The van der Waals surface area contributed by atoms with E-state index >= 15 is 0 Å². The van der Waals surface area contributed by atoms with Gasteiger partial charge >= 0.3 is 6.09 Å². The highest BCUT2D eigenvalue weighted by Crippen LogP contribution is 2.32. The van der Waals surface area contributed by atoms with Crippen LogP contribution in [0.15, 0.2) is 24.3 Å². The van der Waals surface area contributed by atoms with Gasteiger partial charge in [0.1, 0.15) is 17.0 Å². The van der Waals surface area contributed by atoms with Crippen LogP contribution in [0.2, 0.25) is 0 Å². The number of benzene rings is 1. The first-order valence-corrected chi connectivity index (χ1v) is 14.6. The van der Waals surface area contributed by atoms with Gasteiger partial charge in [0.15, 0.2) is 0 Å². The summed E-state index contributed by atoms with van der Waals surface area (Å²) < 4.78 is 24.4. The van der Waals surface area contributed by atoms with E-state index < -0.39 is 5.60 Å². The summed E-state index contributed by atoms with van der Waals surface area (Å²) in [5.74, 6) is 0.739. The minimum Gasteiger partial charge on any atom is -0.491 e. The molecule has 224 valence electrons. The number of methoxy groups -OCH3 is 2. The summed E-state index contributed by atoms with van der Waals surface area (Å²) in [4.78, 5) is 30.9. The van der Waals surface area contributed by atoms with Crippen molar-refractivity contribution in [2.24, 2.45) is 0 Å². The summed E-state index contributed by atoms with van der Waals surface area (Å²) in [6, 6.07) is 7.82. The van der Waals surface area contributed by atoms with Crippen LogP contribution in [0.5, 0.6) is 5.75 Å². The van der Waals surface area contributed by atoms with Crippen molar-refractivity contribution in [3.63, 3.8) is 0 Å². The van der Waals surface area contributed by atoms with E-state index in [0.29, 0.717) is 45.1 Å². The molecule has 40 heavy (non-hydrogen) atoms. The number of carbonyl (C=O) groups is 2. The number of nitrogens with zero attached hydrogens (tertiary/aromatic N) is 3. The second-order valence-corrected chi connectivity index (χ2v) is 11.8. The number of aryl methyl sites for hydroxylation is 1. The highest BCUT2D eigenvalue weighted by atomic mass is 16.6. The van der Waals surface area contributed by atoms with Crippen LogP contribution in [0, 0.1) is 0 Å². The van der Waals surface area contributed by atoms with Gasteiger partial charge in [0.2, 0.25) is 0 Å². The van der Waals surface area contributed by atoms with E-state index in [-0.39, 0.29) is 24.1 Å². The predicted molar refractivity (Wildman–Crippen MR) is 157 cm³/mol. The fraction of sp³-hybridized carbons (Fsp3) is 0.677. The van der Waals surface area contributed by atoms with E-state index in [2.05, 4.69) is 4.57 Å². The number of ether oxygens (including phenoxy) is 4. The van der Waals surface area contributed by atoms with Crippen molar-refractivity contribution in [3.8, 4) is 5.75 Å². The summed E-state index contributed by atoms with van der Waals surface area (Å²) in [5.41, 5.74) is 1.01. The number of piperidine rings is 1. The smallest absolute Gasteiger partial charge is 0.410 e. The van der Waals surface area contributed by atoms with Gasteiger partial charge in [0, 0.05) is 64.9 Å². The number of aromatic nitrogens is 1. The van der Waals surface area contributed by atoms with Crippen molar-refractivity contribution < 1.29 is 28.5 Å². The standard InChI is InChI=1S/C31H49N3O6/c1-23(2)34(25-14-11-16-32(22-25)30(36)40-31(3,4)5)29(35)26-21-24-13-10-15-27(39-20-12-19-38-7)28(24)33(26)17-8-9-18-37-6/h10,13,15,21,23,25H,8-9,11-12,14,16-20,22H2,1-7H3/t25-/m1/s1. The molecule has 1 aliphatic rings. The summed E-state index contributed by atoms with van der Waals surface area (Å²) in [6.07, 6.45) is 3.88. The molecule has 1 atom stereocenters. The Morgan fingerprint density at radius 2 is 1.77 bits per heavy atom. The number of hydrogen-bond acceptors (Lipinski definition) is 6. The molecule has 1 saturated heterocycles. The molecule has 2 aromatic rings. The molecule has 3 rings (SSSR count). The number of fused-ring (bicyclic) bond motifs is 1. The zero-order valence-corrected chi connectivity index (χ0v) is 25.5. The molecule has 0 spiro atoms. The molecule has 2 amide bonds. The van der Waals surface area contributed by atoms with Crippen LogP contribution in [-0.4, -0.2) is 91.2 Å². The second kappa shape index (κ2) is 14.7. The molecule has 0 bridgehead atoms. The molecular formula is C31H49N3O6. The van der Waals surface area contributed by atoms with Crippen LogP contribution in [0.4, 0.5) is 4.79 Å². The SMILES string of the molecule is COCCCCn1c(C(=O)N(C(C)C)[C@@H]2CCCN(C(=O)OC(C)(C)C)C2)cc2cccc(OCCCOC)c21. The molecular weight excluding hydrogens is 510 g/mol. The lowest BCUT2D eigenvalue weighted by Gasteiger charge is -2.41. The van der Waals surface area contributed by atoms with Crippen LogP contribution in [0.3, 0.4) is 0 Å². The van der Waals surface area contributed by atoms with Crippen molar-refractivity contribution in [3.05, 3.63) is 30.0 Å². The third kappa shape index (κ3) is 8.36. The monoisotopic (exact) mass is 559 g/mol. The Morgan fingerprint density at radius 3 is 2.45 bits per heavy atom. The van der Waals surface area contributed by atoms with E-state index in [9.17, 15) is 9.59 Å². The highest BCUT2D eigenvalue weighted by molar-refractivity contribution is 6.00. The van der Waals surface area contributed by atoms with Gasteiger partial charge in [-0.05, 0) is 72.4 Å². The topological polar surface area (TPSA) is 82.5 Å². The minimum absolute atomic E-state index is 0.0284. The Bertz CT molecular complexity index is 1110. The fourth-order valence-corrected chi connectivity index (χ4v) is 5.35. The number of unbranched alkanes of at least 4 members (excludes halogenated alkanes) is 1. The van der Waals surface area contributed by atoms with Crippen molar-refractivity contribution in [1.29, 1.82) is 0 Å². The van der Waals surface area contributed by atoms with E-state index in [1.54, 1.807) is 19.1 Å². The fourth-order valence-electron chi connectivity index (χ4n) is 5.35. The lowest BCUT2D eigenvalue weighted by molar-refractivity contribution is 0.00733. The summed E-state index contributed by atoms with van der Waals surface area (Å²) in [5, 5.41) is 0.974. The first kappa shape index (κ1) is 31.7. The molecule has 1 fully saturated rings. The number of para-hydroxylation sites is 1. The Morgan fingerprint density at radius 1 is 1.05 bits per heavy atom. The third-order valence-electron chi connectivity index (χ3n) is 7.07. The van der Waals surface area contributed by atoms with Gasteiger partial charge in [0.25, 0.3) is 5.91 Å². The largest absolute Gasteiger partial charge is 0.491 e. The van der Waals surface area contributed by atoms with E-state index in [1.165, 1.54) is 0 Å². The van der Waals surface area contributed by atoms with Crippen LogP contribution < -0.4 is 4.74 Å². The van der Waals surface area contributed by atoms with Crippen molar-refractivity contribution in [2.75, 3.05) is 47.1 Å². The number of hydrogen-bond donors (Lipinski definition) is 0. The number of likely N-dealkylation sites (tertiary alicyclic amines) is 1. The molecule has 0 saturated carbocycles. The van der Waals surface area contributed by atoms with Crippen LogP contribution in [0.25, 0.3) is 10.9 Å². The summed E-state index contributed by atoms with van der Waals surface area (Å²) >= 11 is 0. The van der Waals surface area contributed by atoms with Gasteiger partial charge in [-0.25, -0.2) is 4.79 Å². The molecule has 2 heterocycles. The summed E-state index contributed by atoms with van der Waals surface area (Å²) in [6.45, 7) is 13.3. The zero-order chi connectivity index (χ0) is 29.3. The van der Waals surface area contributed by atoms with Crippen molar-refractivity contribution >= 4 is 22.9 Å². The molecule has 0 N–H and O–H groups in total. The normalized spacial score (nSPS) is 16.0. The third-order valence-corrected chi connectivity index (χ3v) is 7.07. The Kier molecular flexibility index (Phi) is 11.7. The maximum Gasteiger partial charge on any atom is 0.410 e. The van der Waals surface area contributed by atoms with Gasteiger partial charge in [0.05, 0.1) is 18.2 Å². The first-order valence-electron chi connectivity index (χ1n) is 14.6. The van der Waals surface area contributed by atoms with Gasteiger partial charge in [-0.3, -0.25) is 4.79 Å². The number of rotatable bonds is 13. The lowest BCUT2D eigenvalue weighted by atomic mass is 10.0. The second-order valence-electron chi connectivity index (χ2n) is 11.8. The maximum absolute atomic E-state index is 14.4. The highest BCUT2D eigenvalue weighted by Gasteiger charge is 2.35. The molecule has 0 radical (unpaired) electrons. The quantitative estimate of drug-likeness (QED) is 0.292. The molecule has 9 heteroatoms. The van der Waals surface area contributed by atoms with Crippen LogP contribution >= 0.6 is 0 Å². The van der Waals surface area contributed by atoms with Gasteiger partial charge in [-0.2, -0.15) is 0 Å². The average Bonchev–Trinajstić information content (AvgIpc) is 3.27. The van der Waals surface area contributed by atoms with Crippen molar-refractivity contribution in [2.45, 2.75) is 91.0 Å². The van der Waals surface area contributed by atoms with Crippen LogP contribution in [0.1, 0.15) is 77.2 Å². The molecule has 1 aromatic heterocycles. The van der Waals surface area contributed by atoms with Gasteiger partial charge < -0.3 is 33.3 Å². The maximum atomic E-state index is 14.4. The van der Waals surface area contributed by atoms with Crippen molar-refractivity contribution in [1.82, 2.24) is 14.4 Å². The predicted octanol–water partition coefficient (Wildman–Crippen LogP) is 5.73. The molecule has 0 aliphatic carbocycles. The molecule has 1 aliphatic heterocycles. The lowest BCUT2D eigenvalue weighted by Crippen LogP contribution is -2.54. The molecule has 1 aromatic carbocycles. The van der Waals surface area contributed by atoms with Gasteiger partial charge in [-0.15, -0.1) is 0 Å². The average molecular weight is 560 g/mol. The molecule has 0 unspecified atom stereocenters. The zero-order valence-electron chi connectivity index (χ0n) is 25.5. The van der Waals surface area contributed by atoms with E-state index in [1.807, 2.05) is 63.8 Å². The Hall–Kier alpha value is -2.78. The van der Waals surface area contributed by atoms with Crippen LogP contribution in [-0.2, 0) is 20.8 Å². The summed E-state index contributed by atoms with van der Waals surface area (Å²) in [7, 11) is 3.39. The van der Waals surface area contributed by atoms with Gasteiger partial charge in [-0.1, -0.05) is 12.1 Å². The Balaban J connectivity index is 1.94. The number of amides is 2. The Labute approximate surface area is 239 Å². The van der Waals surface area contributed by atoms with E-state index in [4.69, 9.17) is 18.9 Å².